The van der Waals surface area contributed by atoms with Gasteiger partial charge in [0.15, 0.2) is 0 Å². The molecule has 0 radical (unpaired) electrons. The average Bonchev–Trinajstić information content (AvgIpc) is 3.05. The van der Waals surface area contributed by atoms with Crippen LogP contribution in [0.1, 0.15) is 24.3 Å². The molecule has 2 rings (SSSR count). The molecule has 0 bridgehead atoms. The van der Waals surface area contributed by atoms with E-state index in [0.29, 0.717) is 6.04 Å². The van der Waals surface area contributed by atoms with Gasteiger partial charge in [0.1, 0.15) is 0 Å². The topological polar surface area (TPSA) is 32.3 Å². The quantitative estimate of drug-likeness (QED) is 0.805. The van der Waals surface area contributed by atoms with Crippen molar-refractivity contribution in [3.63, 3.8) is 0 Å². The van der Waals surface area contributed by atoms with E-state index in [-0.39, 0.29) is 12.5 Å². The van der Waals surface area contributed by atoms with Gasteiger partial charge in [-0.15, -0.1) is 0 Å². The second-order valence-electron chi connectivity index (χ2n) is 4.11. The summed E-state index contributed by atoms with van der Waals surface area (Å²) >= 11 is 5.82. The fraction of sp³-hybridized carbons (Fsp3) is 0.500. The van der Waals surface area contributed by atoms with Gasteiger partial charge in [0.2, 0.25) is 0 Å². The number of halogens is 1. The van der Waals surface area contributed by atoms with E-state index in [1.807, 2.05) is 24.3 Å². The minimum absolute atomic E-state index is 0.182. The second-order valence-corrected chi connectivity index (χ2v) is 4.55. The van der Waals surface area contributed by atoms with Crippen LogP contribution in [0, 0.1) is 0 Å². The van der Waals surface area contributed by atoms with E-state index in [1.54, 1.807) is 0 Å². The van der Waals surface area contributed by atoms with E-state index >= 15 is 0 Å². The molecular weight excluding hydrogens is 210 g/mol. The van der Waals surface area contributed by atoms with Gasteiger partial charge < -0.3 is 10.4 Å². The lowest BCUT2D eigenvalue weighted by molar-refractivity contribution is 0.261. The monoisotopic (exact) mass is 225 g/mol. The zero-order valence-electron chi connectivity index (χ0n) is 8.62. The molecule has 1 unspecified atom stereocenters. The molecule has 0 aromatic heterocycles. The average molecular weight is 226 g/mol. The van der Waals surface area contributed by atoms with Crippen molar-refractivity contribution >= 4 is 11.6 Å². The lowest BCUT2D eigenvalue weighted by atomic mass is 10.0. The molecule has 1 aliphatic rings. The maximum atomic E-state index is 9.31. The first-order valence-electron chi connectivity index (χ1n) is 5.39. The van der Waals surface area contributed by atoms with Gasteiger partial charge in [-0.3, -0.25) is 0 Å². The standard InChI is InChI=1S/C12H16ClNO/c13-11-3-1-9(2-4-11)10(8-15)7-14-12-5-6-12/h1-4,10,12,14-15H,5-8H2. The number of nitrogens with one attached hydrogen (secondary N) is 1. The summed E-state index contributed by atoms with van der Waals surface area (Å²) in [5.74, 6) is 0.183. The Morgan fingerprint density at radius 2 is 2.00 bits per heavy atom. The van der Waals surface area contributed by atoms with E-state index in [0.717, 1.165) is 17.1 Å². The summed E-state index contributed by atoms with van der Waals surface area (Å²) in [6.45, 7) is 1.03. The summed E-state index contributed by atoms with van der Waals surface area (Å²) in [4.78, 5) is 0. The van der Waals surface area contributed by atoms with Crippen LogP contribution in [0.2, 0.25) is 5.02 Å². The van der Waals surface area contributed by atoms with Gasteiger partial charge in [-0.1, -0.05) is 23.7 Å². The Bertz CT molecular complexity index is 308. The van der Waals surface area contributed by atoms with Crippen molar-refractivity contribution in [3.8, 4) is 0 Å². The first kappa shape index (κ1) is 10.9. The fourth-order valence-corrected chi connectivity index (χ4v) is 1.75. The predicted octanol–water partition coefficient (Wildman–Crippen LogP) is 2.17. The van der Waals surface area contributed by atoms with Crippen molar-refractivity contribution < 1.29 is 5.11 Å². The Hall–Kier alpha value is -0.570. The van der Waals surface area contributed by atoms with Crippen LogP contribution >= 0.6 is 11.6 Å². The molecule has 0 spiro atoms. The Morgan fingerprint density at radius 1 is 1.33 bits per heavy atom. The molecule has 1 aromatic rings. The lowest BCUT2D eigenvalue weighted by Crippen LogP contribution is -2.25. The molecule has 0 heterocycles. The number of benzene rings is 1. The van der Waals surface area contributed by atoms with Gasteiger partial charge in [0.05, 0.1) is 6.61 Å². The summed E-state index contributed by atoms with van der Waals surface area (Å²) in [5, 5.41) is 13.5. The van der Waals surface area contributed by atoms with Gasteiger partial charge in [0, 0.05) is 23.5 Å². The predicted molar refractivity (Wildman–Crippen MR) is 62.3 cm³/mol. The van der Waals surface area contributed by atoms with Crippen LogP contribution < -0.4 is 5.32 Å². The highest BCUT2D eigenvalue weighted by atomic mass is 35.5. The van der Waals surface area contributed by atoms with Crippen molar-refractivity contribution in [1.82, 2.24) is 5.32 Å². The van der Waals surface area contributed by atoms with E-state index in [9.17, 15) is 5.11 Å². The smallest absolute Gasteiger partial charge is 0.0511 e. The van der Waals surface area contributed by atoms with Crippen LogP contribution in [0.15, 0.2) is 24.3 Å². The number of hydrogen-bond acceptors (Lipinski definition) is 2. The van der Waals surface area contributed by atoms with Crippen LogP contribution in [0.3, 0.4) is 0 Å². The number of aliphatic hydroxyl groups excluding tert-OH is 1. The molecule has 1 saturated carbocycles. The number of aliphatic hydroxyl groups is 1. The molecule has 82 valence electrons. The number of rotatable bonds is 5. The van der Waals surface area contributed by atoms with Crippen LogP contribution in [0.25, 0.3) is 0 Å². The molecule has 0 aliphatic heterocycles. The minimum Gasteiger partial charge on any atom is -0.396 e. The zero-order valence-corrected chi connectivity index (χ0v) is 9.37. The van der Waals surface area contributed by atoms with Crippen molar-refractivity contribution in [3.05, 3.63) is 34.9 Å². The summed E-state index contributed by atoms with van der Waals surface area (Å²) < 4.78 is 0. The third-order valence-electron chi connectivity index (χ3n) is 2.79. The largest absolute Gasteiger partial charge is 0.396 e. The Kier molecular flexibility index (Phi) is 3.62. The molecule has 0 saturated heterocycles. The van der Waals surface area contributed by atoms with E-state index < -0.39 is 0 Å². The summed E-state index contributed by atoms with van der Waals surface area (Å²) in [5.41, 5.74) is 1.15. The molecular formula is C12H16ClNO. The molecule has 0 amide bonds. The normalized spacial score (nSPS) is 17.7. The van der Waals surface area contributed by atoms with E-state index in [1.165, 1.54) is 12.8 Å². The molecule has 2 N–H and O–H groups in total. The Labute approximate surface area is 95.3 Å². The molecule has 1 fully saturated rings. The summed E-state index contributed by atoms with van der Waals surface area (Å²) in [6, 6.07) is 8.40. The maximum Gasteiger partial charge on any atom is 0.0511 e. The third-order valence-corrected chi connectivity index (χ3v) is 3.04. The van der Waals surface area contributed by atoms with Crippen LogP contribution in [0.4, 0.5) is 0 Å². The lowest BCUT2D eigenvalue weighted by Gasteiger charge is -2.15. The van der Waals surface area contributed by atoms with Crippen molar-refractivity contribution in [1.29, 1.82) is 0 Å². The van der Waals surface area contributed by atoms with Crippen LogP contribution in [-0.4, -0.2) is 24.3 Å². The van der Waals surface area contributed by atoms with Crippen LogP contribution in [-0.2, 0) is 0 Å². The van der Waals surface area contributed by atoms with E-state index in [2.05, 4.69) is 5.32 Å². The zero-order chi connectivity index (χ0) is 10.7. The molecule has 1 aromatic carbocycles. The van der Waals surface area contributed by atoms with E-state index in [4.69, 9.17) is 11.6 Å². The fourth-order valence-electron chi connectivity index (χ4n) is 1.62. The Balaban J connectivity index is 1.94. The van der Waals surface area contributed by atoms with Gasteiger partial charge in [-0.05, 0) is 30.5 Å². The summed E-state index contributed by atoms with van der Waals surface area (Å²) in [7, 11) is 0. The van der Waals surface area contributed by atoms with Gasteiger partial charge >= 0.3 is 0 Å². The highest BCUT2D eigenvalue weighted by molar-refractivity contribution is 6.30. The highest BCUT2D eigenvalue weighted by Gasteiger charge is 2.22. The highest BCUT2D eigenvalue weighted by Crippen LogP contribution is 2.22. The second kappa shape index (κ2) is 4.97. The van der Waals surface area contributed by atoms with Crippen molar-refractivity contribution in [2.45, 2.75) is 24.8 Å². The number of hydrogen-bond donors (Lipinski definition) is 2. The molecule has 15 heavy (non-hydrogen) atoms. The van der Waals surface area contributed by atoms with Crippen molar-refractivity contribution in [2.24, 2.45) is 0 Å². The SMILES string of the molecule is OCC(CNC1CC1)c1ccc(Cl)cc1. The molecule has 2 nitrogen and oxygen atoms in total. The van der Waals surface area contributed by atoms with Gasteiger partial charge in [-0.25, -0.2) is 0 Å². The van der Waals surface area contributed by atoms with Gasteiger partial charge in [0.25, 0.3) is 0 Å². The first-order valence-corrected chi connectivity index (χ1v) is 5.77. The molecule has 1 atom stereocenters. The minimum atomic E-state index is 0.182. The molecule has 3 heteroatoms. The van der Waals surface area contributed by atoms with Crippen LogP contribution in [0.5, 0.6) is 0 Å². The summed E-state index contributed by atoms with van der Waals surface area (Å²) in [6.07, 6.45) is 2.55. The first-order chi connectivity index (χ1) is 7.29. The van der Waals surface area contributed by atoms with Crippen molar-refractivity contribution in [2.75, 3.05) is 13.2 Å². The molecule has 1 aliphatic carbocycles. The third kappa shape index (κ3) is 3.20. The Morgan fingerprint density at radius 3 is 2.53 bits per heavy atom. The van der Waals surface area contributed by atoms with Gasteiger partial charge in [-0.2, -0.15) is 0 Å². The maximum absolute atomic E-state index is 9.31.